The fraction of sp³-hybridized carbons (Fsp3) is 0.238. The van der Waals surface area contributed by atoms with E-state index < -0.39 is 0 Å². The Balaban J connectivity index is 0.000000216. The number of rotatable bonds is 0. The van der Waals surface area contributed by atoms with Crippen molar-refractivity contribution in [2.75, 3.05) is 0 Å². The lowest BCUT2D eigenvalue weighted by Gasteiger charge is -1.99. The molecular weight excluding hydrogens is 252 g/mol. The van der Waals surface area contributed by atoms with Crippen LogP contribution in [-0.4, -0.2) is 0 Å². The van der Waals surface area contributed by atoms with E-state index in [1.807, 2.05) is 0 Å². The molecular formula is C21H26. The van der Waals surface area contributed by atoms with Crippen LogP contribution in [-0.2, 0) is 0 Å². The van der Waals surface area contributed by atoms with Crippen molar-refractivity contribution in [2.45, 2.75) is 35.1 Å². The molecule has 0 aliphatic carbocycles. The van der Waals surface area contributed by atoms with E-state index in [0.717, 1.165) is 0 Å². The molecule has 110 valence electrons. The topological polar surface area (TPSA) is 0 Å². The number of benzene rings is 3. The van der Waals surface area contributed by atoms with Crippen LogP contribution in [0.3, 0.4) is 0 Å². The molecule has 0 fully saturated rings. The highest BCUT2D eigenvalue weighted by atomic mass is 14.0. The minimum Gasteiger partial charge on any atom is -0.0776 e. The maximum atomic E-state index is 2.22. The number of hydrogen-bond donors (Lipinski definition) is 0. The van der Waals surface area contributed by atoms with Crippen molar-refractivity contribution in [1.82, 2.24) is 0 Å². The molecule has 0 aromatic heterocycles. The molecule has 0 aliphatic rings. The van der Waals surface area contributed by atoms with Crippen LogP contribution in [0.25, 0.3) is 10.8 Å². The molecule has 0 radical (unpaired) electrons. The Morgan fingerprint density at radius 3 is 1.05 bits per heavy atom. The summed E-state index contributed by atoms with van der Waals surface area (Å²) < 4.78 is 0. The highest BCUT2D eigenvalue weighted by Gasteiger charge is 1.92. The Hall–Kier alpha value is -2.08. The smallest absolute Gasteiger partial charge is 0.0181 e. The fourth-order valence-electron chi connectivity index (χ4n) is 2.12. The summed E-state index contributed by atoms with van der Waals surface area (Å²) in [5.41, 5.74) is 5.31. The van der Waals surface area contributed by atoms with Crippen molar-refractivity contribution in [2.24, 2.45) is 0 Å². The summed E-state index contributed by atoms with van der Waals surface area (Å²) in [6, 6.07) is 21.6. The zero-order valence-corrected chi connectivity index (χ0v) is 12.8. The molecule has 0 saturated carbocycles. The lowest BCUT2D eigenvalue weighted by Crippen LogP contribution is -1.76. The summed E-state index contributed by atoms with van der Waals surface area (Å²) >= 11 is 0. The van der Waals surface area contributed by atoms with Crippen LogP contribution in [0.2, 0.25) is 0 Å². The molecule has 0 saturated heterocycles. The van der Waals surface area contributed by atoms with Crippen LogP contribution < -0.4 is 0 Å². The predicted octanol–water partition coefficient (Wildman–Crippen LogP) is 6.40. The maximum absolute atomic E-state index is 2.22. The van der Waals surface area contributed by atoms with Gasteiger partial charge < -0.3 is 0 Å². The monoisotopic (exact) mass is 278 g/mol. The van der Waals surface area contributed by atoms with Crippen LogP contribution in [0.15, 0.2) is 60.7 Å². The first-order valence-electron chi connectivity index (χ1n) is 7.05. The van der Waals surface area contributed by atoms with E-state index in [0.29, 0.717) is 0 Å². The molecule has 0 unspecified atom stereocenters. The third-order valence-electron chi connectivity index (χ3n) is 3.37. The average molecular weight is 278 g/mol. The molecule has 0 bridgehead atoms. The van der Waals surface area contributed by atoms with Gasteiger partial charge in [0.15, 0.2) is 0 Å². The molecule has 0 heteroatoms. The molecule has 0 nitrogen and oxygen atoms in total. The van der Waals surface area contributed by atoms with Gasteiger partial charge in [-0.25, -0.2) is 0 Å². The quantitative estimate of drug-likeness (QED) is 0.446. The lowest BCUT2D eigenvalue weighted by atomic mass is 10.1. The maximum Gasteiger partial charge on any atom is -0.0181 e. The Labute approximate surface area is 129 Å². The number of fused-ring (bicyclic) bond motifs is 1. The van der Waals surface area contributed by atoms with Gasteiger partial charge in [0.1, 0.15) is 0 Å². The largest absolute Gasteiger partial charge is 0.0776 e. The molecule has 3 aromatic carbocycles. The summed E-state index contributed by atoms with van der Waals surface area (Å²) in [6.45, 7) is 8.44. The van der Waals surface area contributed by atoms with Gasteiger partial charge in [-0.05, 0) is 38.5 Å². The van der Waals surface area contributed by atoms with Gasteiger partial charge in [-0.3, -0.25) is 0 Å². The van der Waals surface area contributed by atoms with E-state index in [9.17, 15) is 0 Å². The minimum atomic E-state index is 0. The molecule has 3 rings (SSSR count). The van der Waals surface area contributed by atoms with Gasteiger partial charge in [-0.1, -0.05) is 90.3 Å². The lowest BCUT2D eigenvalue weighted by molar-refractivity contribution is 1.40. The van der Waals surface area contributed by atoms with Gasteiger partial charge in [-0.15, -0.1) is 0 Å². The van der Waals surface area contributed by atoms with Crippen LogP contribution >= 0.6 is 0 Å². The van der Waals surface area contributed by atoms with Gasteiger partial charge >= 0.3 is 0 Å². The predicted molar refractivity (Wildman–Crippen MR) is 96.1 cm³/mol. The van der Waals surface area contributed by atoms with Gasteiger partial charge in [0.2, 0.25) is 0 Å². The summed E-state index contributed by atoms with van der Waals surface area (Å²) in [5, 5.41) is 2.67. The van der Waals surface area contributed by atoms with E-state index in [1.165, 1.54) is 33.0 Å². The van der Waals surface area contributed by atoms with E-state index in [2.05, 4.69) is 88.4 Å². The summed E-state index contributed by atoms with van der Waals surface area (Å²) in [4.78, 5) is 0. The van der Waals surface area contributed by atoms with E-state index in [4.69, 9.17) is 0 Å². The first kappa shape index (κ1) is 17.0. The zero-order chi connectivity index (χ0) is 14.5. The molecule has 0 aliphatic heterocycles. The molecule has 0 atom stereocenters. The van der Waals surface area contributed by atoms with E-state index in [1.54, 1.807) is 0 Å². The van der Waals surface area contributed by atoms with Gasteiger partial charge in [0, 0.05) is 0 Å². The number of hydrogen-bond acceptors (Lipinski definition) is 0. The highest BCUT2D eigenvalue weighted by Crippen LogP contribution is 2.16. The Morgan fingerprint density at radius 1 is 0.429 bits per heavy atom. The Kier molecular flexibility index (Phi) is 6.17. The Bertz CT molecular complexity index is 629. The van der Waals surface area contributed by atoms with Crippen LogP contribution in [0, 0.1) is 27.7 Å². The van der Waals surface area contributed by atoms with Crippen molar-refractivity contribution in [3.63, 3.8) is 0 Å². The van der Waals surface area contributed by atoms with E-state index >= 15 is 0 Å². The van der Waals surface area contributed by atoms with Crippen molar-refractivity contribution in [1.29, 1.82) is 0 Å². The van der Waals surface area contributed by atoms with Gasteiger partial charge in [0.05, 0.1) is 0 Å². The van der Waals surface area contributed by atoms with Crippen molar-refractivity contribution >= 4 is 10.8 Å². The van der Waals surface area contributed by atoms with E-state index in [-0.39, 0.29) is 7.43 Å². The van der Waals surface area contributed by atoms with Crippen molar-refractivity contribution in [3.8, 4) is 0 Å². The summed E-state index contributed by atoms with van der Waals surface area (Å²) in [5.74, 6) is 0. The molecule has 0 N–H and O–H groups in total. The Morgan fingerprint density at radius 2 is 0.714 bits per heavy atom. The molecule has 3 aromatic rings. The zero-order valence-electron chi connectivity index (χ0n) is 12.8. The third kappa shape index (κ3) is 5.07. The van der Waals surface area contributed by atoms with Crippen molar-refractivity contribution < 1.29 is 0 Å². The standard InChI is InChI=1S/C12H12.C8H10.CH4/c1-9-3-5-12-8-10(2)4-6-11(12)7-9;1-7-3-5-8(2)6-4-7;/h3-8H,1-2H3;3-6H,1-2H3;1H4. The third-order valence-corrected chi connectivity index (χ3v) is 3.37. The second kappa shape index (κ2) is 7.64. The normalized spacial score (nSPS) is 9.52. The SMILES string of the molecule is C.Cc1ccc(C)cc1.Cc1ccc2cc(C)ccc2c1. The molecule has 0 spiro atoms. The van der Waals surface area contributed by atoms with Gasteiger partial charge in [0.25, 0.3) is 0 Å². The second-order valence-corrected chi connectivity index (χ2v) is 5.51. The van der Waals surface area contributed by atoms with Gasteiger partial charge in [-0.2, -0.15) is 0 Å². The molecule has 0 heterocycles. The molecule has 0 amide bonds. The van der Waals surface area contributed by atoms with Crippen LogP contribution in [0.5, 0.6) is 0 Å². The van der Waals surface area contributed by atoms with Crippen molar-refractivity contribution in [3.05, 3.63) is 82.9 Å². The summed E-state index contributed by atoms with van der Waals surface area (Å²) in [6.07, 6.45) is 0. The minimum absolute atomic E-state index is 0. The van der Waals surface area contributed by atoms with Crippen LogP contribution in [0.1, 0.15) is 29.7 Å². The summed E-state index contributed by atoms with van der Waals surface area (Å²) in [7, 11) is 0. The first-order chi connectivity index (χ1) is 9.54. The van der Waals surface area contributed by atoms with Crippen LogP contribution in [0.4, 0.5) is 0 Å². The second-order valence-electron chi connectivity index (χ2n) is 5.51. The number of aryl methyl sites for hydroxylation is 4. The fourth-order valence-corrected chi connectivity index (χ4v) is 2.12. The highest BCUT2D eigenvalue weighted by molar-refractivity contribution is 5.83. The average Bonchev–Trinajstić information content (AvgIpc) is 2.43. The first-order valence-corrected chi connectivity index (χ1v) is 7.05. The molecule has 21 heavy (non-hydrogen) atoms.